The van der Waals surface area contributed by atoms with Crippen LogP contribution in [0, 0.1) is 0 Å². The highest BCUT2D eigenvalue weighted by molar-refractivity contribution is 5.96. The van der Waals surface area contributed by atoms with E-state index in [9.17, 15) is 4.79 Å². The zero-order valence-corrected chi connectivity index (χ0v) is 7.00. The lowest BCUT2D eigenvalue weighted by Gasteiger charge is -2.01. The topological polar surface area (TPSA) is 55.1 Å². The van der Waals surface area contributed by atoms with Crippen LogP contribution in [-0.2, 0) is 0 Å². The molecule has 0 heterocycles. The summed E-state index contributed by atoms with van der Waals surface area (Å²) in [7, 11) is 0. The first kappa shape index (κ1) is 8.74. The van der Waals surface area contributed by atoms with Crippen LogP contribution in [-0.4, -0.2) is 5.78 Å². The maximum absolute atomic E-state index is 11.2. The predicted octanol–water partition coefficient (Wildman–Crippen LogP) is 1.56. The first-order valence-corrected chi connectivity index (χ1v) is 3.87. The molecule has 0 spiro atoms. The van der Waals surface area contributed by atoms with Crippen LogP contribution in [0.5, 0.6) is 0 Å². The van der Waals surface area contributed by atoms with Crippen molar-refractivity contribution in [2.45, 2.75) is 13.3 Å². The van der Waals surface area contributed by atoms with E-state index >= 15 is 0 Å². The van der Waals surface area contributed by atoms with E-state index < -0.39 is 0 Å². The summed E-state index contributed by atoms with van der Waals surface area (Å²) in [5, 5.41) is 0. The molecule has 0 aliphatic heterocycles. The molecular formula is C9H12N2O. The highest BCUT2D eigenvalue weighted by atomic mass is 16.1. The van der Waals surface area contributed by atoms with Crippen molar-refractivity contribution in [1.82, 2.24) is 0 Å². The molecule has 0 saturated carbocycles. The molecule has 0 atom stereocenters. The molecule has 0 saturated heterocycles. The summed E-state index contributed by atoms with van der Waals surface area (Å²) in [6.07, 6.45) is 0.522. The van der Waals surface area contributed by atoms with Gasteiger partial charge < -0.3 is 5.43 Å². The number of nitrogens with two attached hydrogens (primary N) is 1. The fourth-order valence-corrected chi connectivity index (χ4v) is 0.987. The smallest absolute Gasteiger partial charge is 0.162 e. The van der Waals surface area contributed by atoms with Crippen LogP contribution in [0.15, 0.2) is 24.3 Å². The van der Waals surface area contributed by atoms with Crippen LogP contribution in [0.4, 0.5) is 5.69 Å². The fourth-order valence-electron chi connectivity index (χ4n) is 0.987. The summed E-state index contributed by atoms with van der Waals surface area (Å²) < 4.78 is 0. The van der Waals surface area contributed by atoms with E-state index in [1.807, 2.05) is 13.0 Å². The Morgan fingerprint density at radius 2 is 2.33 bits per heavy atom. The minimum atomic E-state index is 0.132. The van der Waals surface area contributed by atoms with E-state index in [1.54, 1.807) is 18.2 Å². The third-order valence-electron chi connectivity index (χ3n) is 1.67. The molecule has 3 nitrogen and oxygen atoms in total. The Balaban J connectivity index is 2.93. The van der Waals surface area contributed by atoms with Crippen molar-refractivity contribution < 1.29 is 4.79 Å². The van der Waals surface area contributed by atoms with Gasteiger partial charge in [0.15, 0.2) is 5.78 Å². The molecular weight excluding hydrogens is 152 g/mol. The number of rotatable bonds is 3. The number of benzene rings is 1. The number of Topliss-reactive ketones (excluding diaryl/α,β-unsaturated/α-hetero) is 1. The summed E-state index contributed by atoms with van der Waals surface area (Å²) in [5.41, 5.74) is 3.95. The highest BCUT2D eigenvalue weighted by Crippen LogP contribution is 2.10. The van der Waals surface area contributed by atoms with E-state index in [-0.39, 0.29) is 5.78 Å². The molecule has 0 aliphatic carbocycles. The first-order valence-electron chi connectivity index (χ1n) is 3.87. The zero-order chi connectivity index (χ0) is 8.97. The number of hydrogen-bond acceptors (Lipinski definition) is 3. The third-order valence-corrected chi connectivity index (χ3v) is 1.67. The van der Waals surface area contributed by atoms with Gasteiger partial charge in [-0.1, -0.05) is 19.1 Å². The van der Waals surface area contributed by atoms with Crippen molar-refractivity contribution in [1.29, 1.82) is 0 Å². The first-order chi connectivity index (χ1) is 5.77. The SMILES string of the molecule is CCC(=O)c1cccc(NN)c1. The second-order valence-electron chi connectivity index (χ2n) is 2.50. The number of hydrazine groups is 1. The number of carbonyl (C=O) groups excluding carboxylic acids is 1. The summed E-state index contributed by atoms with van der Waals surface area (Å²) in [4.78, 5) is 11.2. The van der Waals surface area contributed by atoms with Crippen molar-refractivity contribution in [3.63, 3.8) is 0 Å². The molecule has 0 bridgehead atoms. The van der Waals surface area contributed by atoms with Gasteiger partial charge in [-0.05, 0) is 12.1 Å². The molecule has 64 valence electrons. The van der Waals surface area contributed by atoms with Gasteiger partial charge in [0.1, 0.15) is 0 Å². The Kier molecular flexibility index (Phi) is 2.82. The molecule has 12 heavy (non-hydrogen) atoms. The normalized spacial score (nSPS) is 9.50. The van der Waals surface area contributed by atoms with Crippen LogP contribution in [0.2, 0.25) is 0 Å². The number of hydrogen-bond donors (Lipinski definition) is 2. The van der Waals surface area contributed by atoms with Gasteiger partial charge in [0.2, 0.25) is 0 Å². The Morgan fingerprint density at radius 3 is 2.92 bits per heavy atom. The summed E-state index contributed by atoms with van der Waals surface area (Å²) in [6.45, 7) is 1.84. The van der Waals surface area contributed by atoms with Gasteiger partial charge >= 0.3 is 0 Å². The van der Waals surface area contributed by atoms with Crippen LogP contribution in [0.25, 0.3) is 0 Å². The summed E-state index contributed by atoms with van der Waals surface area (Å²) in [6, 6.07) is 7.14. The average Bonchev–Trinajstić information content (AvgIpc) is 2.17. The minimum absolute atomic E-state index is 0.132. The maximum atomic E-state index is 11.2. The monoisotopic (exact) mass is 164 g/mol. The van der Waals surface area contributed by atoms with Gasteiger partial charge in [0.05, 0.1) is 0 Å². The van der Waals surface area contributed by atoms with E-state index in [2.05, 4.69) is 5.43 Å². The lowest BCUT2D eigenvalue weighted by molar-refractivity contribution is 0.0988. The van der Waals surface area contributed by atoms with Crippen molar-refractivity contribution in [3.05, 3.63) is 29.8 Å². The maximum Gasteiger partial charge on any atom is 0.162 e. The molecule has 0 aliphatic rings. The lowest BCUT2D eigenvalue weighted by atomic mass is 10.1. The third kappa shape index (κ3) is 1.83. The standard InChI is InChI=1S/C9H12N2O/c1-2-9(12)7-4-3-5-8(6-7)11-10/h3-6,11H,2,10H2,1H3. The van der Waals surface area contributed by atoms with Crippen molar-refractivity contribution in [2.75, 3.05) is 5.43 Å². The molecule has 1 rings (SSSR count). The molecule has 1 aromatic rings. The molecule has 0 radical (unpaired) electrons. The second-order valence-corrected chi connectivity index (χ2v) is 2.50. The number of anilines is 1. The number of nitrogens with one attached hydrogen (secondary N) is 1. The lowest BCUT2D eigenvalue weighted by Crippen LogP contribution is -2.07. The Morgan fingerprint density at radius 1 is 1.58 bits per heavy atom. The molecule has 0 fully saturated rings. The van der Waals surface area contributed by atoms with Crippen LogP contribution in [0.1, 0.15) is 23.7 Å². The van der Waals surface area contributed by atoms with E-state index in [0.29, 0.717) is 12.0 Å². The zero-order valence-electron chi connectivity index (χ0n) is 7.00. The highest BCUT2D eigenvalue weighted by Gasteiger charge is 2.01. The van der Waals surface area contributed by atoms with Crippen LogP contribution in [0.3, 0.4) is 0 Å². The van der Waals surface area contributed by atoms with Crippen molar-refractivity contribution in [2.24, 2.45) is 5.84 Å². The molecule has 3 heteroatoms. The van der Waals surface area contributed by atoms with E-state index in [4.69, 9.17) is 5.84 Å². The van der Waals surface area contributed by atoms with Gasteiger partial charge in [-0.3, -0.25) is 10.6 Å². The van der Waals surface area contributed by atoms with Gasteiger partial charge in [-0.15, -0.1) is 0 Å². The molecule has 3 N–H and O–H groups in total. The van der Waals surface area contributed by atoms with Crippen LogP contribution < -0.4 is 11.3 Å². The number of carbonyl (C=O) groups is 1. The van der Waals surface area contributed by atoms with Gasteiger partial charge in [-0.2, -0.15) is 0 Å². The van der Waals surface area contributed by atoms with E-state index in [0.717, 1.165) is 5.69 Å². The summed E-state index contributed by atoms with van der Waals surface area (Å²) in [5.74, 6) is 5.33. The minimum Gasteiger partial charge on any atom is -0.324 e. The molecule has 0 unspecified atom stereocenters. The molecule has 0 aromatic heterocycles. The largest absolute Gasteiger partial charge is 0.324 e. The predicted molar refractivity (Wildman–Crippen MR) is 48.9 cm³/mol. The van der Waals surface area contributed by atoms with Gasteiger partial charge in [0.25, 0.3) is 0 Å². The van der Waals surface area contributed by atoms with Crippen molar-refractivity contribution >= 4 is 11.5 Å². The number of ketones is 1. The molecule has 1 aromatic carbocycles. The Bertz CT molecular complexity index is 284. The Labute approximate surface area is 71.5 Å². The Hall–Kier alpha value is -1.35. The average molecular weight is 164 g/mol. The van der Waals surface area contributed by atoms with Crippen molar-refractivity contribution in [3.8, 4) is 0 Å². The van der Waals surface area contributed by atoms with Gasteiger partial charge in [0, 0.05) is 17.7 Å². The second kappa shape index (κ2) is 3.88. The van der Waals surface area contributed by atoms with Gasteiger partial charge in [-0.25, -0.2) is 0 Å². The fraction of sp³-hybridized carbons (Fsp3) is 0.222. The number of nitrogen functional groups attached to an aromatic ring is 1. The molecule has 0 amide bonds. The van der Waals surface area contributed by atoms with Crippen LogP contribution >= 0.6 is 0 Å². The summed E-state index contributed by atoms with van der Waals surface area (Å²) >= 11 is 0. The quantitative estimate of drug-likeness (QED) is 0.405. The van der Waals surface area contributed by atoms with E-state index in [1.165, 1.54) is 0 Å².